The molecule has 1 aromatic rings. The predicted molar refractivity (Wildman–Crippen MR) is 106 cm³/mol. The number of hydrogen-bond acceptors (Lipinski definition) is 2. The molecule has 0 heterocycles. The lowest BCUT2D eigenvalue weighted by molar-refractivity contribution is 0.0963. The summed E-state index contributed by atoms with van der Waals surface area (Å²) in [5, 5.41) is 9.31. The number of nitrogens with zero attached hydrogens (tertiary/aromatic N) is 1. The maximum Gasteiger partial charge on any atom is 0.251 e. The van der Waals surface area contributed by atoms with Crippen LogP contribution in [0.1, 0.15) is 56.0 Å². The average Bonchev–Trinajstić information content (AvgIpc) is 2.60. The van der Waals surface area contributed by atoms with Crippen LogP contribution in [0.3, 0.4) is 0 Å². The Morgan fingerprint density at radius 2 is 2.00 bits per heavy atom. The lowest BCUT2D eigenvalue weighted by Gasteiger charge is -2.12. The lowest BCUT2D eigenvalue weighted by atomic mass is 10.1. The molecule has 0 aliphatic rings. The molecule has 0 unspecified atom stereocenters. The molecule has 0 aliphatic heterocycles. The van der Waals surface area contributed by atoms with Gasteiger partial charge in [-0.05, 0) is 43.4 Å². The van der Waals surface area contributed by atoms with Crippen LogP contribution in [0.5, 0.6) is 0 Å². The Kier molecular flexibility index (Phi) is 10.4. The van der Waals surface area contributed by atoms with Crippen molar-refractivity contribution in [3.05, 3.63) is 35.4 Å². The van der Waals surface area contributed by atoms with Gasteiger partial charge in [0.1, 0.15) is 0 Å². The van der Waals surface area contributed by atoms with Crippen molar-refractivity contribution in [2.75, 3.05) is 26.7 Å². The molecule has 1 rings (SSSR count). The largest absolute Gasteiger partial charge is 0.357 e. The molecule has 1 amide bonds. The second kappa shape index (κ2) is 12.3. The van der Waals surface area contributed by atoms with Crippen molar-refractivity contribution in [1.29, 1.82) is 0 Å². The zero-order valence-corrected chi connectivity index (χ0v) is 16.2. The number of guanidine groups is 1. The SMILES string of the molecule is CCNC(=NCCCCC(C)C)NCCc1cccc(C(=O)NC)c1. The van der Waals surface area contributed by atoms with Crippen molar-refractivity contribution in [2.24, 2.45) is 10.9 Å². The molecule has 0 aliphatic carbocycles. The minimum Gasteiger partial charge on any atom is -0.357 e. The maximum atomic E-state index is 11.7. The predicted octanol–water partition coefficient (Wildman–Crippen LogP) is 2.97. The van der Waals surface area contributed by atoms with Gasteiger partial charge in [-0.3, -0.25) is 9.79 Å². The van der Waals surface area contributed by atoms with Gasteiger partial charge >= 0.3 is 0 Å². The zero-order valence-electron chi connectivity index (χ0n) is 16.2. The zero-order chi connectivity index (χ0) is 18.5. The summed E-state index contributed by atoms with van der Waals surface area (Å²) in [6, 6.07) is 7.74. The molecular weight excluding hydrogens is 312 g/mol. The van der Waals surface area contributed by atoms with E-state index in [4.69, 9.17) is 0 Å². The van der Waals surface area contributed by atoms with E-state index in [9.17, 15) is 4.79 Å². The first-order valence-electron chi connectivity index (χ1n) is 9.40. The van der Waals surface area contributed by atoms with Crippen molar-refractivity contribution in [3.8, 4) is 0 Å². The topological polar surface area (TPSA) is 65.5 Å². The third-order valence-corrected chi connectivity index (χ3v) is 3.93. The van der Waals surface area contributed by atoms with Crippen molar-refractivity contribution < 1.29 is 4.79 Å². The van der Waals surface area contributed by atoms with E-state index in [1.54, 1.807) is 7.05 Å². The number of hydrogen-bond donors (Lipinski definition) is 3. The number of unbranched alkanes of at least 4 members (excludes halogenated alkanes) is 1. The van der Waals surface area contributed by atoms with E-state index >= 15 is 0 Å². The van der Waals surface area contributed by atoms with Crippen LogP contribution in [-0.4, -0.2) is 38.5 Å². The summed E-state index contributed by atoms with van der Waals surface area (Å²) in [5.74, 6) is 1.58. The number of carbonyl (C=O) groups is 1. The second-order valence-corrected chi connectivity index (χ2v) is 6.61. The quantitative estimate of drug-likeness (QED) is 0.347. The fourth-order valence-electron chi connectivity index (χ4n) is 2.53. The standard InChI is InChI=1S/C20H34N4O/c1-5-22-20(23-13-7-6-9-16(2)3)24-14-12-17-10-8-11-18(15-17)19(25)21-4/h8,10-11,15-16H,5-7,9,12-14H2,1-4H3,(H,21,25)(H2,22,23,24). The van der Waals surface area contributed by atoms with Crippen LogP contribution in [0.15, 0.2) is 29.3 Å². The summed E-state index contributed by atoms with van der Waals surface area (Å²) in [6.45, 7) is 9.08. The smallest absolute Gasteiger partial charge is 0.251 e. The summed E-state index contributed by atoms with van der Waals surface area (Å²) < 4.78 is 0. The van der Waals surface area contributed by atoms with Crippen molar-refractivity contribution in [1.82, 2.24) is 16.0 Å². The highest BCUT2D eigenvalue weighted by Gasteiger charge is 2.04. The van der Waals surface area contributed by atoms with E-state index in [1.165, 1.54) is 12.8 Å². The lowest BCUT2D eigenvalue weighted by Crippen LogP contribution is -2.38. The van der Waals surface area contributed by atoms with Crippen LogP contribution in [0, 0.1) is 5.92 Å². The molecule has 140 valence electrons. The molecule has 3 N–H and O–H groups in total. The summed E-state index contributed by atoms with van der Waals surface area (Å²) in [7, 11) is 1.65. The third kappa shape index (κ3) is 9.13. The Hall–Kier alpha value is -2.04. The molecule has 0 spiro atoms. The fraction of sp³-hybridized carbons (Fsp3) is 0.600. The molecular formula is C20H34N4O. The van der Waals surface area contributed by atoms with Crippen LogP contribution in [0.4, 0.5) is 0 Å². The summed E-state index contributed by atoms with van der Waals surface area (Å²) in [5.41, 5.74) is 1.84. The minimum atomic E-state index is -0.0499. The highest BCUT2D eigenvalue weighted by molar-refractivity contribution is 5.94. The Morgan fingerprint density at radius 1 is 1.20 bits per heavy atom. The molecule has 1 aromatic carbocycles. The van der Waals surface area contributed by atoms with Gasteiger partial charge in [0, 0.05) is 32.2 Å². The van der Waals surface area contributed by atoms with Crippen LogP contribution >= 0.6 is 0 Å². The average molecular weight is 347 g/mol. The molecule has 0 saturated heterocycles. The monoisotopic (exact) mass is 346 g/mol. The van der Waals surface area contributed by atoms with Gasteiger partial charge in [0.2, 0.25) is 0 Å². The summed E-state index contributed by atoms with van der Waals surface area (Å²) >= 11 is 0. The highest BCUT2D eigenvalue weighted by atomic mass is 16.1. The van der Waals surface area contributed by atoms with Crippen LogP contribution < -0.4 is 16.0 Å². The number of benzene rings is 1. The van der Waals surface area contributed by atoms with Gasteiger partial charge in [-0.15, -0.1) is 0 Å². The van der Waals surface area contributed by atoms with Crippen LogP contribution in [-0.2, 0) is 6.42 Å². The molecule has 5 nitrogen and oxygen atoms in total. The van der Waals surface area contributed by atoms with Gasteiger partial charge in [-0.1, -0.05) is 38.8 Å². The van der Waals surface area contributed by atoms with Crippen molar-refractivity contribution in [2.45, 2.75) is 46.5 Å². The van der Waals surface area contributed by atoms with E-state index < -0.39 is 0 Å². The van der Waals surface area contributed by atoms with Crippen molar-refractivity contribution in [3.63, 3.8) is 0 Å². The maximum absolute atomic E-state index is 11.7. The van der Waals surface area contributed by atoms with E-state index in [2.05, 4.69) is 41.7 Å². The van der Waals surface area contributed by atoms with Crippen LogP contribution in [0.25, 0.3) is 0 Å². The Labute approximate surface area is 152 Å². The van der Waals surface area contributed by atoms with E-state index in [0.29, 0.717) is 5.56 Å². The summed E-state index contributed by atoms with van der Waals surface area (Å²) in [4.78, 5) is 16.3. The normalized spacial score (nSPS) is 11.5. The molecule has 25 heavy (non-hydrogen) atoms. The second-order valence-electron chi connectivity index (χ2n) is 6.61. The van der Waals surface area contributed by atoms with Gasteiger partial charge in [0.15, 0.2) is 5.96 Å². The number of amides is 1. The molecule has 0 fully saturated rings. The molecule has 0 saturated carbocycles. The number of carbonyl (C=O) groups excluding carboxylic acids is 1. The Morgan fingerprint density at radius 3 is 2.68 bits per heavy atom. The molecule has 0 atom stereocenters. The number of rotatable bonds is 10. The highest BCUT2D eigenvalue weighted by Crippen LogP contribution is 2.06. The van der Waals surface area contributed by atoms with Gasteiger partial charge in [0.05, 0.1) is 0 Å². The van der Waals surface area contributed by atoms with E-state index in [0.717, 1.165) is 49.9 Å². The fourth-order valence-corrected chi connectivity index (χ4v) is 2.53. The Balaban J connectivity index is 2.43. The van der Waals surface area contributed by atoms with Gasteiger partial charge < -0.3 is 16.0 Å². The first-order chi connectivity index (χ1) is 12.1. The molecule has 0 radical (unpaired) electrons. The first kappa shape index (κ1) is 21.0. The molecule has 0 aromatic heterocycles. The first-order valence-corrected chi connectivity index (χ1v) is 9.40. The third-order valence-electron chi connectivity index (χ3n) is 3.93. The summed E-state index contributed by atoms with van der Waals surface area (Å²) in [6.07, 6.45) is 4.47. The van der Waals surface area contributed by atoms with E-state index in [1.807, 2.05) is 24.3 Å². The molecule has 5 heteroatoms. The van der Waals surface area contributed by atoms with Crippen LogP contribution in [0.2, 0.25) is 0 Å². The van der Waals surface area contributed by atoms with Gasteiger partial charge in [-0.2, -0.15) is 0 Å². The van der Waals surface area contributed by atoms with Gasteiger partial charge in [0.25, 0.3) is 5.91 Å². The van der Waals surface area contributed by atoms with Crippen molar-refractivity contribution >= 4 is 11.9 Å². The van der Waals surface area contributed by atoms with Gasteiger partial charge in [-0.25, -0.2) is 0 Å². The van der Waals surface area contributed by atoms with E-state index in [-0.39, 0.29) is 5.91 Å². The Bertz CT molecular complexity index is 540. The number of aliphatic imine (C=N–C) groups is 1. The minimum absolute atomic E-state index is 0.0499. The molecule has 0 bridgehead atoms. The number of nitrogens with one attached hydrogen (secondary N) is 3.